The molecule has 0 aliphatic carbocycles. The van der Waals surface area contributed by atoms with E-state index in [0.29, 0.717) is 6.54 Å². The van der Waals surface area contributed by atoms with Crippen molar-refractivity contribution in [2.75, 3.05) is 6.54 Å². The minimum atomic E-state index is -0.118. The third-order valence-corrected chi connectivity index (χ3v) is 1.75. The lowest BCUT2D eigenvalue weighted by molar-refractivity contribution is -0.131. The average Bonchev–Trinajstić information content (AvgIpc) is 2.04. The Hall–Kier alpha value is -1.26. The molecule has 0 aliphatic rings. The number of oxime groups is 1. The summed E-state index contributed by atoms with van der Waals surface area (Å²) >= 11 is 0. The lowest BCUT2D eigenvalue weighted by Gasteiger charge is -2.24. The van der Waals surface area contributed by atoms with Crippen molar-refractivity contribution in [2.24, 2.45) is 10.9 Å². The Labute approximate surface area is 78.2 Å². The number of hydrogen-bond acceptors (Lipinski definition) is 3. The third kappa shape index (κ3) is 3.78. The minimum absolute atomic E-state index is 0.0253. The summed E-state index contributed by atoms with van der Waals surface area (Å²) in [7, 11) is 0. The SMILES string of the molecule is CCN(C(=O)C/C(N)=N/O)C(C)C. The molecule has 0 spiro atoms. The molecule has 0 aliphatic heterocycles. The monoisotopic (exact) mass is 187 g/mol. The highest BCUT2D eigenvalue weighted by molar-refractivity contribution is 5.98. The Morgan fingerprint density at radius 2 is 2.15 bits per heavy atom. The second-order valence-electron chi connectivity index (χ2n) is 3.04. The first-order valence-electron chi connectivity index (χ1n) is 4.28. The van der Waals surface area contributed by atoms with Crippen LogP contribution in [0.25, 0.3) is 0 Å². The summed E-state index contributed by atoms with van der Waals surface area (Å²) in [6.45, 7) is 6.38. The molecule has 0 aromatic rings. The molecular weight excluding hydrogens is 170 g/mol. The second kappa shape index (κ2) is 5.40. The molecule has 0 bridgehead atoms. The summed E-state index contributed by atoms with van der Waals surface area (Å²) in [5.74, 6) is -0.170. The largest absolute Gasteiger partial charge is 0.409 e. The van der Waals surface area contributed by atoms with E-state index in [1.807, 2.05) is 20.8 Å². The van der Waals surface area contributed by atoms with Gasteiger partial charge in [-0.2, -0.15) is 0 Å². The number of nitrogens with two attached hydrogens (primary N) is 1. The van der Waals surface area contributed by atoms with E-state index in [1.54, 1.807) is 4.90 Å². The van der Waals surface area contributed by atoms with Gasteiger partial charge in [0, 0.05) is 12.6 Å². The Morgan fingerprint density at radius 3 is 2.46 bits per heavy atom. The van der Waals surface area contributed by atoms with Gasteiger partial charge in [-0.05, 0) is 20.8 Å². The van der Waals surface area contributed by atoms with E-state index < -0.39 is 0 Å². The van der Waals surface area contributed by atoms with Crippen molar-refractivity contribution >= 4 is 11.7 Å². The maximum absolute atomic E-state index is 11.4. The summed E-state index contributed by atoms with van der Waals surface area (Å²) in [5.41, 5.74) is 5.22. The molecule has 0 rings (SSSR count). The molecule has 0 atom stereocenters. The van der Waals surface area contributed by atoms with Gasteiger partial charge in [-0.25, -0.2) is 0 Å². The molecule has 0 saturated carbocycles. The van der Waals surface area contributed by atoms with Gasteiger partial charge in [-0.3, -0.25) is 4.79 Å². The average molecular weight is 187 g/mol. The first-order chi connectivity index (χ1) is 6.02. The van der Waals surface area contributed by atoms with Crippen LogP contribution in [0.3, 0.4) is 0 Å². The lowest BCUT2D eigenvalue weighted by Crippen LogP contribution is -2.38. The molecular formula is C8H17N3O2. The van der Waals surface area contributed by atoms with Crippen LogP contribution in [-0.2, 0) is 4.79 Å². The van der Waals surface area contributed by atoms with Crippen LogP contribution < -0.4 is 5.73 Å². The molecule has 0 saturated heterocycles. The normalized spacial score (nSPS) is 11.8. The molecule has 3 N–H and O–H groups in total. The van der Waals surface area contributed by atoms with Gasteiger partial charge in [0.15, 0.2) is 0 Å². The van der Waals surface area contributed by atoms with Crippen LogP contribution in [-0.4, -0.2) is 34.4 Å². The summed E-state index contributed by atoms with van der Waals surface area (Å²) in [6.07, 6.45) is -0.0253. The fraction of sp³-hybridized carbons (Fsp3) is 0.750. The van der Waals surface area contributed by atoms with E-state index in [0.717, 1.165) is 0 Å². The summed E-state index contributed by atoms with van der Waals surface area (Å²) in [4.78, 5) is 13.1. The highest BCUT2D eigenvalue weighted by atomic mass is 16.4. The van der Waals surface area contributed by atoms with Crippen molar-refractivity contribution < 1.29 is 10.0 Å². The minimum Gasteiger partial charge on any atom is -0.409 e. The van der Waals surface area contributed by atoms with Crippen LogP contribution in [0, 0.1) is 0 Å². The van der Waals surface area contributed by atoms with E-state index in [4.69, 9.17) is 10.9 Å². The molecule has 5 nitrogen and oxygen atoms in total. The van der Waals surface area contributed by atoms with Crippen LogP contribution in [0.15, 0.2) is 5.16 Å². The summed E-state index contributed by atoms with van der Waals surface area (Å²) in [6, 6.07) is 0.143. The molecule has 5 heteroatoms. The second-order valence-corrected chi connectivity index (χ2v) is 3.04. The molecule has 0 fully saturated rings. The van der Waals surface area contributed by atoms with Gasteiger partial charge in [0.05, 0.1) is 6.42 Å². The van der Waals surface area contributed by atoms with Gasteiger partial charge >= 0.3 is 0 Å². The highest BCUT2D eigenvalue weighted by Gasteiger charge is 2.15. The van der Waals surface area contributed by atoms with Crippen LogP contribution in [0.2, 0.25) is 0 Å². The molecule has 0 aromatic heterocycles. The number of nitrogens with zero attached hydrogens (tertiary/aromatic N) is 2. The molecule has 76 valence electrons. The van der Waals surface area contributed by atoms with Crippen LogP contribution in [0.4, 0.5) is 0 Å². The molecule has 0 unspecified atom stereocenters. The first-order valence-corrected chi connectivity index (χ1v) is 4.28. The summed E-state index contributed by atoms with van der Waals surface area (Å²) < 4.78 is 0. The standard InChI is InChI=1S/C8H17N3O2/c1-4-11(6(2)3)8(12)5-7(9)10-13/h6,13H,4-5H2,1-3H3,(H2,9,10). The predicted octanol–water partition coefficient (Wildman–Crippen LogP) is 0.380. The van der Waals surface area contributed by atoms with Crippen molar-refractivity contribution in [3.63, 3.8) is 0 Å². The molecule has 0 heterocycles. The molecule has 0 radical (unpaired) electrons. The number of hydrogen-bond donors (Lipinski definition) is 2. The zero-order valence-corrected chi connectivity index (χ0v) is 8.32. The van der Waals surface area contributed by atoms with Crippen molar-refractivity contribution in [3.8, 4) is 0 Å². The Kier molecular flexibility index (Phi) is 4.87. The van der Waals surface area contributed by atoms with E-state index in [9.17, 15) is 4.79 Å². The maximum Gasteiger partial charge on any atom is 0.230 e. The predicted molar refractivity (Wildman–Crippen MR) is 50.5 cm³/mol. The van der Waals surface area contributed by atoms with Gasteiger partial charge in [-0.1, -0.05) is 5.16 Å². The quantitative estimate of drug-likeness (QED) is 0.289. The van der Waals surface area contributed by atoms with Crippen LogP contribution >= 0.6 is 0 Å². The number of rotatable bonds is 4. The lowest BCUT2D eigenvalue weighted by atomic mass is 10.2. The Bertz CT molecular complexity index is 202. The van der Waals surface area contributed by atoms with E-state index >= 15 is 0 Å². The van der Waals surface area contributed by atoms with E-state index in [2.05, 4.69) is 5.16 Å². The Balaban J connectivity index is 4.23. The van der Waals surface area contributed by atoms with E-state index in [1.165, 1.54) is 0 Å². The fourth-order valence-corrected chi connectivity index (χ4v) is 1.12. The number of carbonyl (C=O) groups is 1. The van der Waals surface area contributed by atoms with Crippen molar-refractivity contribution in [1.82, 2.24) is 4.90 Å². The van der Waals surface area contributed by atoms with Gasteiger partial charge in [0.1, 0.15) is 5.84 Å². The highest BCUT2D eigenvalue weighted by Crippen LogP contribution is 2.00. The first kappa shape index (κ1) is 11.7. The van der Waals surface area contributed by atoms with Crippen LogP contribution in [0.1, 0.15) is 27.2 Å². The summed E-state index contributed by atoms with van der Waals surface area (Å²) in [5, 5.41) is 11.0. The maximum atomic E-state index is 11.4. The topological polar surface area (TPSA) is 78.9 Å². The van der Waals surface area contributed by atoms with Gasteiger partial charge < -0.3 is 15.8 Å². The van der Waals surface area contributed by atoms with E-state index in [-0.39, 0.29) is 24.2 Å². The zero-order chi connectivity index (χ0) is 10.4. The molecule has 13 heavy (non-hydrogen) atoms. The van der Waals surface area contributed by atoms with Crippen LogP contribution in [0.5, 0.6) is 0 Å². The van der Waals surface area contributed by atoms with Crippen molar-refractivity contribution in [3.05, 3.63) is 0 Å². The van der Waals surface area contributed by atoms with Crippen molar-refractivity contribution in [2.45, 2.75) is 33.2 Å². The smallest absolute Gasteiger partial charge is 0.230 e. The third-order valence-electron chi connectivity index (χ3n) is 1.75. The Morgan fingerprint density at radius 1 is 1.62 bits per heavy atom. The number of carbonyl (C=O) groups excluding carboxylic acids is 1. The fourth-order valence-electron chi connectivity index (χ4n) is 1.12. The molecule has 0 aromatic carbocycles. The van der Waals surface area contributed by atoms with Gasteiger partial charge in [0.2, 0.25) is 5.91 Å². The molecule has 1 amide bonds. The number of amides is 1. The van der Waals surface area contributed by atoms with Crippen molar-refractivity contribution in [1.29, 1.82) is 0 Å². The zero-order valence-electron chi connectivity index (χ0n) is 8.32. The van der Waals surface area contributed by atoms with Gasteiger partial charge in [-0.15, -0.1) is 0 Å². The number of amidine groups is 1. The van der Waals surface area contributed by atoms with Gasteiger partial charge in [0.25, 0.3) is 0 Å².